The fourth-order valence-electron chi connectivity index (χ4n) is 2.55. The molecule has 0 aliphatic carbocycles. The molecule has 0 fully saturated rings. The summed E-state index contributed by atoms with van der Waals surface area (Å²) in [5, 5.41) is 0. The third-order valence-electron chi connectivity index (χ3n) is 3.50. The number of aromatic nitrogens is 3. The molecule has 2 aromatic heterocycles. The molecule has 2 aromatic carbocycles. The van der Waals surface area contributed by atoms with Gasteiger partial charge in [0.05, 0.1) is 11.7 Å². The van der Waals surface area contributed by atoms with Crippen LogP contribution in [0, 0.1) is 0 Å². The second-order valence-electron chi connectivity index (χ2n) is 4.84. The lowest BCUT2D eigenvalue weighted by Crippen LogP contribution is -1.96. The third kappa shape index (κ3) is 1.99. The zero-order valence-electron chi connectivity index (χ0n) is 11.3. The highest BCUT2D eigenvalue weighted by atomic mass is 15.1. The van der Waals surface area contributed by atoms with E-state index in [0.29, 0.717) is 0 Å². The molecule has 0 radical (unpaired) electrons. The minimum absolute atomic E-state index is 0.903. The van der Waals surface area contributed by atoms with Crippen molar-refractivity contribution in [2.75, 3.05) is 0 Å². The van der Waals surface area contributed by atoms with Crippen molar-refractivity contribution >= 4 is 11.0 Å². The van der Waals surface area contributed by atoms with Crippen LogP contribution < -0.4 is 0 Å². The molecule has 0 amide bonds. The Morgan fingerprint density at radius 1 is 0.762 bits per heavy atom. The lowest BCUT2D eigenvalue weighted by atomic mass is 10.2. The van der Waals surface area contributed by atoms with Gasteiger partial charge in [-0.25, -0.2) is 4.98 Å². The van der Waals surface area contributed by atoms with Gasteiger partial charge in [-0.05, 0) is 18.2 Å². The lowest BCUT2D eigenvalue weighted by molar-refractivity contribution is 1.10. The Kier molecular flexibility index (Phi) is 2.75. The zero-order valence-corrected chi connectivity index (χ0v) is 11.3. The van der Waals surface area contributed by atoms with E-state index in [1.54, 1.807) is 12.4 Å². The largest absolute Gasteiger partial charge is 0.292 e. The second kappa shape index (κ2) is 4.87. The molecule has 0 atom stereocenters. The topological polar surface area (TPSA) is 30.7 Å². The Bertz CT molecular complexity index is 880. The van der Waals surface area contributed by atoms with E-state index in [9.17, 15) is 0 Å². The Balaban J connectivity index is 2.07. The molecule has 3 nitrogen and oxygen atoms in total. The first-order chi connectivity index (χ1) is 10.4. The van der Waals surface area contributed by atoms with Crippen molar-refractivity contribution in [3.05, 3.63) is 79.1 Å². The van der Waals surface area contributed by atoms with Crippen molar-refractivity contribution in [1.29, 1.82) is 0 Å². The highest BCUT2D eigenvalue weighted by molar-refractivity contribution is 5.82. The molecule has 100 valence electrons. The van der Waals surface area contributed by atoms with Crippen LogP contribution >= 0.6 is 0 Å². The molecule has 21 heavy (non-hydrogen) atoms. The zero-order chi connectivity index (χ0) is 14.1. The Hall–Kier alpha value is -2.94. The van der Waals surface area contributed by atoms with Gasteiger partial charge in [0.25, 0.3) is 0 Å². The summed E-state index contributed by atoms with van der Waals surface area (Å²) in [5.74, 6) is 0.935. The number of para-hydroxylation sites is 1. The molecule has 4 aromatic rings. The SMILES string of the molecule is c1ccc(-c2nc3cnccc3n2-c2ccccc2)cc1. The molecule has 4 rings (SSSR count). The average molecular weight is 271 g/mol. The minimum atomic E-state index is 0.903. The summed E-state index contributed by atoms with van der Waals surface area (Å²) in [6, 6.07) is 22.5. The summed E-state index contributed by atoms with van der Waals surface area (Å²) in [4.78, 5) is 8.94. The normalized spacial score (nSPS) is 10.9. The second-order valence-corrected chi connectivity index (χ2v) is 4.84. The summed E-state index contributed by atoms with van der Waals surface area (Å²) in [6.07, 6.45) is 3.61. The van der Waals surface area contributed by atoms with E-state index in [4.69, 9.17) is 4.98 Å². The Morgan fingerprint density at radius 3 is 2.24 bits per heavy atom. The molecule has 0 N–H and O–H groups in total. The monoisotopic (exact) mass is 271 g/mol. The molecule has 0 spiro atoms. The van der Waals surface area contributed by atoms with Crippen molar-refractivity contribution in [1.82, 2.24) is 14.5 Å². The fraction of sp³-hybridized carbons (Fsp3) is 0. The molecule has 0 aliphatic heterocycles. The van der Waals surface area contributed by atoms with Crippen LogP contribution in [0.15, 0.2) is 79.1 Å². The first-order valence-electron chi connectivity index (χ1n) is 6.87. The van der Waals surface area contributed by atoms with Gasteiger partial charge in [0.15, 0.2) is 0 Å². The lowest BCUT2D eigenvalue weighted by Gasteiger charge is -2.09. The number of hydrogen-bond donors (Lipinski definition) is 0. The maximum absolute atomic E-state index is 4.76. The third-order valence-corrected chi connectivity index (χ3v) is 3.50. The molecule has 2 heterocycles. The van der Waals surface area contributed by atoms with E-state index in [1.807, 2.05) is 42.5 Å². The highest BCUT2D eigenvalue weighted by Gasteiger charge is 2.13. The van der Waals surface area contributed by atoms with Gasteiger partial charge >= 0.3 is 0 Å². The number of imidazole rings is 1. The standard InChI is InChI=1S/C18H13N3/c1-3-7-14(8-4-1)18-20-16-13-19-12-11-17(16)21(18)15-9-5-2-6-10-15/h1-13H. The van der Waals surface area contributed by atoms with Crippen molar-refractivity contribution in [2.24, 2.45) is 0 Å². The predicted molar refractivity (Wildman–Crippen MR) is 84.3 cm³/mol. The van der Waals surface area contributed by atoms with Crippen molar-refractivity contribution < 1.29 is 0 Å². The average Bonchev–Trinajstić information content (AvgIpc) is 2.96. The Labute approximate surface area is 122 Å². The van der Waals surface area contributed by atoms with Gasteiger partial charge in [-0.1, -0.05) is 48.5 Å². The predicted octanol–water partition coefficient (Wildman–Crippen LogP) is 4.09. The summed E-state index contributed by atoms with van der Waals surface area (Å²) in [7, 11) is 0. The van der Waals surface area contributed by atoms with Crippen LogP contribution in [0.3, 0.4) is 0 Å². The number of pyridine rings is 1. The van der Waals surface area contributed by atoms with Gasteiger partial charge in [-0.2, -0.15) is 0 Å². The van der Waals surface area contributed by atoms with Gasteiger partial charge in [-0.3, -0.25) is 9.55 Å². The van der Waals surface area contributed by atoms with Gasteiger partial charge in [0.1, 0.15) is 11.3 Å². The minimum Gasteiger partial charge on any atom is -0.292 e. The van der Waals surface area contributed by atoms with Crippen LogP contribution in [-0.2, 0) is 0 Å². The van der Waals surface area contributed by atoms with Crippen LogP contribution in [-0.4, -0.2) is 14.5 Å². The number of hydrogen-bond acceptors (Lipinski definition) is 2. The summed E-state index contributed by atoms with van der Waals surface area (Å²) in [6.45, 7) is 0. The van der Waals surface area contributed by atoms with E-state index in [0.717, 1.165) is 28.1 Å². The molecule has 0 saturated heterocycles. The van der Waals surface area contributed by atoms with Gasteiger partial charge < -0.3 is 0 Å². The smallest absolute Gasteiger partial charge is 0.145 e. The number of fused-ring (bicyclic) bond motifs is 1. The maximum atomic E-state index is 4.76. The molecule has 3 heteroatoms. The molecular weight excluding hydrogens is 258 g/mol. The fourth-order valence-corrected chi connectivity index (χ4v) is 2.55. The van der Waals surface area contributed by atoms with E-state index < -0.39 is 0 Å². The van der Waals surface area contributed by atoms with Crippen LogP contribution in [0.4, 0.5) is 0 Å². The van der Waals surface area contributed by atoms with Crippen LogP contribution in [0.5, 0.6) is 0 Å². The highest BCUT2D eigenvalue weighted by Crippen LogP contribution is 2.27. The number of rotatable bonds is 2. The first-order valence-corrected chi connectivity index (χ1v) is 6.87. The number of benzene rings is 2. The molecule has 0 unspecified atom stereocenters. The Morgan fingerprint density at radius 2 is 1.48 bits per heavy atom. The van der Waals surface area contributed by atoms with E-state index in [1.165, 1.54) is 0 Å². The van der Waals surface area contributed by atoms with Crippen LogP contribution in [0.2, 0.25) is 0 Å². The first kappa shape index (κ1) is 11.9. The van der Waals surface area contributed by atoms with Crippen molar-refractivity contribution in [3.8, 4) is 17.1 Å². The summed E-state index contributed by atoms with van der Waals surface area (Å²) >= 11 is 0. The molecule has 0 aliphatic rings. The van der Waals surface area contributed by atoms with Crippen molar-refractivity contribution in [3.63, 3.8) is 0 Å². The van der Waals surface area contributed by atoms with Crippen LogP contribution in [0.1, 0.15) is 0 Å². The quantitative estimate of drug-likeness (QED) is 0.550. The van der Waals surface area contributed by atoms with Gasteiger partial charge in [0, 0.05) is 17.4 Å². The van der Waals surface area contributed by atoms with E-state index in [-0.39, 0.29) is 0 Å². The van der Waals surface area contributed by atoms with Gasteiger partial charge in [0.2, 0.25) is 0 Å². The maximum Gasteiger partial charge on any atom is 0.145 e. The van der Waals surface area contributed by atoms with E-state index in [2.05, 4.69) is 33.8 Å². The summed E-state index contributed by atoms with van der Waals surface area (Å²) in [5.41, 5.74) is 4.16. The molecule has 0 bridgehead atoms. The van der Waals surface area contributed by atoms with Crippen molar-refractivity contribution in [2.45, 2.75) is 0 Å². The summed E-state index contributed by atoms with van der Waals surface area (Å²) < 4.78 is 2.17. The van der Waals surface area contributed by atoms with E-state index >= 15 is 0 Å². The molecule has 0 saturated carbocycles. The number of nitrogens with zero attached hydrogens (tertiary/aromatic N) is 3. The van der Waals surface area contributed by atoms with Crippen LogP contribution in [0.25, 0.3) is 28.1 Å². The van der Waals surface area contributed by atoms with Gasteiger partial charge in [-0.15, -0.1) is 0 Å². The molecular formula is C18H13N3.